The Labute approximate surface area is 156 Å². The number of nitrogens with one attached hydrogen (secondary N) is 1. The van der Waals surface area contributed by atoms with E-state index in [0.29, 0.717) is 35.1 Å². The van der Waals surface area contributed by atoms with Crippen LogP contribution >= 0.6 is 11.3 Å². The van der Waals surface area contributed by atoms with Crippen molar-refractivity contribution in [2.45, 2.75) is 25.7 Å². The van der Waals surface area contributed by atoms with Crippen molar-refractivity contribution in [1.82, 2.24) is 0 Å². The van der Waals surface area contributed by atoms with Gasteiger partial charge in [-0.25, -0.2) is 0 Å². The summed E-state index contributed by atoms with van der Waals surface area (Å²) in [5, 5.41) is 3.41. The summed E-state index contributed by atoms with van der Waals surface area (Å²) < 4.78 is 10.4. The molecule has 2 aromatic rings. The molecule has 0 radical (unpaired) electrons. The third-order valence-electron chi connectivity index (χ3n) is 4.32. The molecule has 1 aliphatic carbocycles. The van der Waals surface area contributed by atoms with Crippen molar-refractivity contribution in [2.75, 3.05) is 25.6 Å². The minimum Gasteiger partial charge on any atom is -0.491 e. The SMILES string of the molecule is COCCOc1ccc(C(=O)Nc2sc3c(c2C(N)=O)CCCC3)cc1. The Hall–Kier alpha value is -2.38. The first kappa shape index (κ1) is 18.4. The minimum absolute atomic E-state index is 0.269. The van der Waals surface area contributed by atoms with Crippen molar-refractivity contribution >= 4 is 28.2 Å². The maximum atomic E-state index is 12.6. The Morgan fingerprint density at radius 2 is 1.88 bits per heavy atom. The van der Waals surface area contributed by atoms with E-state index in [0.717, 1.165) is 36.1 Å². The molecule has 3 rings (SSSR count). The zero-order valence-corrected chi connectivity index (χ0v) is 15.5. The van der Waals surface area contributed by atoms with Crippen molar-refractivity contribution in [3.8, 4) is 5.75 Å². The monoisotopic (exact) mass is 374 g/mol. The van der Waals surface area contributed by atoms with Gasteiger partial charge in [-0.2, -0.15) is 0 Å². The maximum Gasteiger partial charge on any atom is 0.256 e. The number of anilines is 1. The number of nitrogens with two attached hydrogens (primary N) is 1. The molecular formula is C19H22N2O4S. The number of carbonyl (C=O) groups excluding carboxylic acids is 2. The highest BCUT2D eigenvalue weighted by molar-refractivity contribution is 7.17. The molecule has 0 fully saturated rings. The van der Waals surface area contributed by atoms with Gasteiger partial charge in [0.25, 0.3) is 11.8 Å². The Bertz CT molecular complexity index is 799. The van der Waals surface area contributed by atoms with Crippen molar-refractivity contribution in [2.24, 2.45) is 5.73 Å². The number of amides is 2. The molecule has 6 nitrogen and oxygen atoms in total. The number of methoxy groups -OCH3 is 1. The van der Waals surface area contributed by atoms with Gasteiger partial charge >= 0.3 is 0 Å². The predicted octanol–water partition coefficient (Wildman–Crippen LogP) is 3.00. The maximum absolute atomic E-state index is 12.6. The van der Waals surface area contributed by atoms with Gasteiger partial charge in [0.05, 0.1) is 12.2 Å². The fraction of sp³-hybridized carbons (Fsp3) is 0.368. The molecule has 1 aromatic carbocycles. The number of hydrogen-bond donors (Lipinski definition) is 2. The number of thiophene rings is 1. The molecule has 0 spiro atoms. The van der Waals surface area contributed by atoms with Crippen molar-refractivity contribution in [3.05, 3.63) is 45.8 Å². The van der Waals surface area contributed by atoms with Crippen LogP contribution in [0.2, 0.25) is 0 Å². The van der Waals surface area contributed by atoms with Crippen molar-refractivity contribution in [1.29, 1.82) is 0 Å². The average molecular weight is 374 g/mol. The van der Waals surface area contributed by atoms with Crippen molar-refractivity contribution in [3.63, 3.8) is 0 Å². The summed E-state index contributed by atoms with van der Waals surface area (Å²) in [5.74, 6) is -0.0841. The zero-order valence-electron chi connectivity index (χ0n) is 14.7. The summed E-state index contributed by atoms with van der Waals surface area (Å²) >= 11 is 1.46. The Morgan fingerprint density at radius 1 is 1.15 bits per heavy atom. The van der Waals surface area contributed by atoms with Gasteiger partial charge in [-0.3, -0.25) is 9.59 Å². The second kappa shape index (κ2) is 8.33. The molecule has 7 heteroatoms. The highest BCUT2D eigenvalue weighted by Crippen LogP contribution is 2.38. The number of hydrogen-bond acceptors (Lipinski definition) is 5. The highest BCUT2D eigenvalue weighted by atomic mass is 32.1. The number of primary amides is 1. The minimum atomic E-state index is -0.485. The van der Waals surface area contributed by atoms with Gasteiger partial charge in [0.1, 0.15) is 17.4 Å². The van der Waals surface area contributed by atoms with Gasteiger partial charge in [0, 0.05) is 17.6 Å². The Morgan fingerprint density at radius 3 is 2.58 bits per heavy atom. The van der Waals surface area contributed by atoms with Crippen LogP contribution in [0.3, 0.4) is 0 Å². The van der Waals surface area contributed by atoms with E-state index in [2.05, 4.69) is 5.32 Å². The van der Waals surface area contributed by atoms with E-state index in [1.54, 1.807) is 31.4 Å². The molecule has 0 atom stereocenters. The van der Waals surface area contributed by atoms with E-state index < -0.39 is 5.91 Å². The topological polar surface area (TPSA) is 90.7 Å². The molecule has 0 bridgehead atoms. The van der Waals surface area contributed by atoms with Crippen LogP contribution in [0.4, 0.5) is 5.00 Å². The second-order valence-electron chi connectivity index (χ2n) is 6.10. The third kappa shape index (κ3) is 4.05. The van der Waals surface area contributed by atoms with E-state index in [-0.39, 0.29) is 5.91 Å². The molecule has 3 N–H and O–H groups in total. The molecule has 138 valence electrons. The second-order valence-corrected chi connectivity index (χ2v) is 7.20. The average Bonchev–Trinajstić information content (AvgIpc) is 3.00. The molecule has 1 heterocycles. The summed E-state index contributed by atoms with van der Waals surface area (Å²) in [6.07, 6.45) is 3.92. The van der Waals surface area contributed by atoms with Gasteiger partial charge in [-0.1, -0.05) is 0 Å². The largest absolute Gasteiger partial charge is 0.491 e. The lowest BCUT2D eigenvalue weighted by Crippen LogP contribution is -2.18. The normalized spacial score (nSPS) is 13.1. The fourth-order valence-electron chi connectivity index (χ4n) is 3.04. The molecule has 26 heavy (non-hydrogen) atoms. The predicted molar refractivity (Wildman–Crippen MR) is 101 cm³/mol. The first-order valence-corrected chi connectivity index (χ1v) is 9.39. The van der Waals surface area contributed by atoms with Crippen molar-refractivity contribution < 1.29 is 19.1 Å². The van der Waals surface area contributed by atoms with Crippen LogP contribution in [0, 0.1) is 0 Å². The van der Waals surface area contributed by atoms with E-state index in [1.165, 1.54) is 11.3 Å². The number of fused-ring (bicyclic) bond motifs is 1. The Kier molecular flexibility index (Phi) is 5.90. The first-order chi connectivity index (χ1) is 12.6. The van der Waals surface area contributed by atoms with Gasteiger partial charge in [-0.15, -0.1) is 11.3 Å². The van der Waals surface area contributed by atoms with Gasteiger partial charge < -0.3 is 20.5 Å². The number of rotatable bonds is 7. The summed E-state index contributed by atoms with van der Waals surface area (Å²) in [6, 6.07) is 6.85. The summed E-state index contributed by atoms with van der Waals surface area (Å²) in [4.78, 5) is 25.6. The molecule has 0 saturated heterocycles. The van der Waals surface area contributed by atoms with Crippen LogP contribution in [0.25, 0.3) is 0 Å². The summed E-state index contributed by atoms with van der Waals surface area (Å²) in [7, 11) is 1.61. The molecule has 0 unspecified atom stereocenters. The molecule has 2 amide bonds. The van der Waals surface area contributed by atoms with Gasteiger partial charge in [0.2, 0.25) is 0 Å². The molecular weight excluding hydrogens is 352 g/mol. The lowest BCUT2D eigenvalue weighted by molar-refractivity contribution is 0.100. The smallest absolute Gasteiger partial charge is 0.256 e. The Balaban J connectivity index is 1.74. The summed E-state index contributed by atoms with van der Waals surface area (Å²) in [5.41, 5.74) is 7.53. The number of ether oxygens (including phenoxy) is 2. The standard InChI is InChI=1S/C19H22N2O4S/c1-24-10-11-25-13-8-6-12(7-9-13)18(23)21-19-16(17(20)22)14-4-2-3-5-15(14)26-19/h6-9H,2-5,10-11H2,1H3,(H2,20,22)(H,21,23). The highest BCUT2D eigenvalue weighted by Gasteiger charge is 2.25. The number of carbonyl (C=O) groups is 2. The lowest BCUT2D eigenvalue weighted by atomic mass is 9.95. The van der Waals surface area contributed by atoms with Crippen LogP contribution in [-0.2, 0) is 17.6 Å². The van der Waals surface area contributed by atoms with Crippen LogP contribution in [0.5, 0.6) is 5.75 Å². The molecule has 1 aromatic heterocycles. The van der Waals surface area contributed by atoms with Crippen LogP contribution in [-0.4, -0.2) is 32.1 Å². The molecule has 1 aliphatic rings. The lowest BCUT2D eigenvalue weighted by Gasteiger charge is -2.11. The van der Waals surface area contributed by atoms with E-state index in [9.17, 15) is 9.59 Å². The fourth-order valence-corrected chi connectivity index (χ4v) is 4.32. The molecule has 0 saturated carbocycles. The molecule has 0 aliphatic heterocycles. The summed E-state index contributed by atoms with van der Waals surface area (Å²) in [6.45, 7) is 0.950. The van der Waals surface area contributed by atoms with E-state index in [1.807, 2.05) is 0 Å². The van der Waals surface area contributed by atoms with Crippen LogP contribution in [0.15, 0.2) is 24.3 Å². The first-order valence-electron chi connectivity index (χ1n) is 8.57. The number of benzene rings is 1. The van der Waals surface area contributed by atoms with E-state index >= 15 is 0 Å². The van der Waals surface area contributed by atoms with Crippen LogP contribution < -0.4 is 15.8 Å². The van der Waals surface area contributed by atoms with Crippen LogP contribution in [0.1, 0.15) is 44.0 Å². The number of aryl methyl sites for hydroxylation is 1. The van der Waals surface area contributed by atoms with Gasteiger partial charge in [-0.05, 0) is 55.5 Å². The zero-order chi connectivity index (χ0) is 18.5. The van der Waals surface area contributed by atoms with Gasteiger partial charge in [0.15, 0.2) is 0 Å². The van der Waals surface area contributed by atoms with E-state index in [4.69, 9.17) is 15.2 Å². The quantitative estimate of drug-likeness (QED) is 0.729. The third-order valence-corrected chi connectivity index (χ3v) is 5.52.